The number of halogens is 1. The van der Waals surface area contributed by atoms with E-state index in [4.69, 9.17) is 0 Å². The summed E-state index contributed by atoms with van der Waals surface area (Å²) >= 11 is 2.25. The van der Waals surface area contributed by atoms with Crippen LogP contribution >= 0.6 is 22.6 Å². The molecular weight excluding hydrogens is 315 g/mol. The lowest BCUT2D eigenvalue weighted by atomic mass is 10.1. The molecule has 0 bridgehead atoms. The first-order valence-corrected chi connectivity index (χ1v) is 6.25. The summed E-state index contributed by atoms with van der Waals surface area (Å²) in [6.07, 6.45) is 0. The Kier molecular flexibility index (Phi) is 4.58. The summed E-state index contributed by atoms with van der Waals surface area (Å²) in [6, 6.07) is 7.94. The monoisotopic (exact) mass is 332 g/mol. The molecule has 0 saturated carbocycles. The van der Waals surface area contributed by atoms with E-state index >= 15 is 0 Å². The first-order chi connectivity index (χ1) is 7.37. The van der Waals surface area contributed by atoms with Crippen molar-refractivity contribution >= 4 is 34.2 Å². The molecule has 0 saturated heterocycles. The third-order valence-electron chi connectivity index (χ3n) is 1.81. The maximum Gasteiger partial charge on any atom is 0.239 e. The second-order valence-corrected chi connectivity index (χ2v) is 5.90. The van der Waals surface area contributed by atoms with Crippen LogP contribution in [0, 0.1) is 3.57 Å². The van der Waals surface area contributed by atoms with Gasteiger partial charge in [0.05, 0.1) is 6.54 Å². The average Bonchev–Trinajstić information content (AvgIpc) is 2.14. The highest BCUT2D eigenvalue weighted by molar-refractivity contribution is 14.1. The molecule has 0 fully saturated rings. The lowest BCUT2D eigenvalue weighted by Crippen LogP contribution is -2.43. The highest BCUT2D eigenvalue weighted by Crippen LogP contribution is 2.10. The molecule has 2 N–H and O–H groups in total. The van der Waals surface area contributed by atoms with Crippen LogP contribution in [0.1, 0.15) is 20.8 Å². The zero-order valence-electron chi connectivity index (χ0n) is 9.80. The Morgan fingerprint density at radius 1 is 1.25 bits per heavy atom. The summed E-state index contributed by atoms with van der Waals surface area (Å²) in [6.45, 7) is 6.21. The molecule has 1 aromatic carbocycles. The van der Waals surface area contributed by atoms with Crippen LogP contribution in [0.5, 0.6) is 0 Å². The Hall–Kier alpha value is -0.780. The summed E-state index contributed by atoms with van der Waals surface area (Å²) < 4.78 is 1.18. The van der Waals surface area contributed by atoms with E-state index in [1.165, 1.54) is 3.57 Å². The predicted molar refractivity (Wildman–Crippen MR) is 75.5 cm³/mol. The number of benzene rings is 1. The van der Waals surface area contributed by atoms with Crippen LogP contribution in [0.3, 0.4) is 0 Å². The van der Waals surface area contributed by atoms with E-state index in [1.54, 1.807) is 0 Å². The van der Waals surface area contributed by atoms with Crippen molar-refractivity contribution in [3.05, 3.63) is 27.8 Å². The number of nitrogens with one attached hydrogen (secondary N) is 2. The van der Waals surface area contributed by atoms with Gasteiger partial charge in [-0.3, -0.25) is 4.79 Å². The second-order valence-electron chi connectivity index (χ2n) is 4.66. The van der Waals surface area contributed by atoms with Gasteiger partial charge in [0, 0.05) is 14.8 Å². The molecule has 0 aromatic heterocycles. The smallest absolute Gasteiger partial charge is 0.239 e. The van der Waals surface area contributed by atoms with Crippen LogP contribution in [-0.4, -0.2) is 18.0 Å². The summed E-state index contributed by atoms with van der Waals surface area (Å²) in [5.74, 6) is 0.00560. The minimum atomic E-state index is -0.176. The van der Waals surface area contributed by atoms with E-state index in [0.717, 1.165) is 5.69 Å². The topological polar surface area (TPSA) is 41.1 Å². The number of rotatable bonds is 3. The predicted octanol–water partition coefficient (Wildman–Crippen LogP) is 2.62. The molecule has 1 amide bonds. The van der Waals surface area contributed by atoms with Crippen LogP contribution in [0.25, 0.3) is 0 Å². The fraction of sp³-hybridized carbons (Fsp3) is 0.417. The molecule has 4 heteroatoms. The second kappa shape index (κ2) is 5.52. The summed E-state index contributed by atoms with van der Waals surface area (Å²) in [4.78, 5) is 11.5. The van der Waals surface area contributed by atoms with E-state index in [9.17, 15) is 4.79 Å². The van der Waals surface area contributed by atoms with Gasteiger partial charge in [-0.15, -0.1) is 0 Å². The van der Waals surface area contributed by atoms with Gasteiger partial charge in [-0.05, 0) is 67.6 Å². The van der Waals surface area contributed by atoms with Crippen molar-refractivity contribution in [3.63, 3.8) is 0 Å². The Balaban J connectivity index is 2.40. The minimum Gasteiger partial charge on any atom is -0.376 e. The Morgan fingerprint density at radius 2 is 1.81 bits per heavy atom. The van der Waals surface area contributed by atoms with Gasteiger partial charge in [-0.1, -0.05) is 0 Å². The van der Waals surface area contributed by atoms with Gasteiger partial charge in [-0.2, -0.15) is 0 Å². The molecule has 0 aliphatic rings. The fourth-order valence-corrected chi connectivity index (χ4v) is 1.57. The van der Waals surface area contributed by atoms with Crippen LogP contribution < -0.4 is 10.6 Å². The Labute approximate surface area is 110 Å². The molecule has 16 heavy (non-hydrogen) atoms. The van der Waals surface area contributed by atoms with Crippen LogP contribution in [-0.2, 0) is 4.79 Å². The molecule has 0 aliphatic carbocycles. The molecule has 0 spiro atoms. The van der Waals surface area contributed by atoms with E-state index in [-0.39, 0.29) is 11.4 Å². The fourth-order valence-electron chi connectivity index (χ4n) is 1.21. The number of anilines is 1. The zero-order valence-corrected chi connectivity index (χ0v) is 12.0. The molecule has 0 radical (unpaired) electrons. The summed E-state index contributed by atoms with van der Waals surface area (Å²) in [7, 11) is 0. The zero-order chi connectivity index (χ0) is 12.2. The number of hydrogen-bond donors (Lipinski definition) is 2. The van der Waals surface area contributed by atoms with Gasteiger partial charge in [-0.25, -0.2) is 0 Å². The van der Waals surface area contributed by atoms with E-state index in [0.29, 0.717) is 6.54 Å². The lowest BCUT2D eigenvalue weighted by Gasteiger charge is -2.20. The van der Waals surface area contributed by atoms with E-state index in [1.807, 2.05) is 45.0 Å². The van der Waals surface area contributed by atoms with Crippen LogP contribution in [0.2, 0.25) is 0 Å². The van der Waals surface area contributed by atoms with Gasteiger partial charge in [0.25, 0.3) is 0 Å². The van der Waals surface area contributed by atoms with Gasteiger partial charge in [0.1, 0.15) is 0 Å². The van der Waals surface area contributed by atoms with Crippen molar-refractivity contribution < 1.29 is 4.79 Å². The number of carbonyl (C=O) groups excluding carboxylic acids is 1. The van der Waals surface area contributed by atoms with Gasteiger partial charge in [0.2, 0.25) is 5.91 Å². The molecule has 0 aliphatic heterocycles. The van der Waals surface area contributed by atoms with Crippen molar-refractivity contribution in [2.45, 2.75) is 26.3 Å². The maximum atomic E-state index is 11.5. The molecule has 1 rings (SSSR count). The van der Waals surface area contributed by atoms with Crippen molar-refractivity contribution in [2.75, 3.05) is 11.9 Å². The number of hydrogen-bond acceptors (Lipinski definition) is 2. The normalized spacial score (nSPS) is 11.0. The third kappa shape index (κ3) is 5.34. The highest BCUT2D eigenvalue weighted by Gasteiger charge is 2.12. The van der Waals surface area contributed by atoms with E-state index < -0.39 is 0 Å². The summed E-state index contributed by atoms with van der Waals surface area (Å²) in [5.41, 5.74) is 0.787. The highest BCUT2D eigenvalue weighted by atomic mass is 127. The molecule has 1 aromatic rings. The molecule has 0 heterocycles. The standard InChI is InChI=1S/C12H17IN2O/c1-12(2,3)15-11(16)8-14-10-6-4-9(13)5-7-10/h4-7,14H,8H2,1-3H3,(H,15,16). The van der Waals surface area contributed by atoms with Gasteiger partial charge in [0.15, 0.2) is 0 Å². The van der Waals surface area contributed by atoms with Gasteiger partial charge < -0.3 is 10.6 Å². The largest absolute Gasteiger partial charge is 0.376 e. The first-order valence-electron chi connectivity index (χ1n) is 5.17. The summed E-state index contributed by atoms with van der Waals surface area (Å²) in [5, 5.41) is 5.98. The molecule has 88 valence electrons. The lowest BCUT2D eigenvalue weighted by molar-refractivity contribution is -0.120. The SMILES string of the molecule is CC(C)(C)NC(=O)CNc1ccc(I)cc1. The Bertz CT molecular complexity index is 354. The number of amides is 1. The average molecular weight is 332 g/mol. The van der Waals surface area contributed by atoms with E-state index in [2.05, 4.69) is 33.2 Å². The maximum absolute atomic E-state index is 11.5. The quantitative estimate of drug-likeness (QED) is 0.836. The molecule has 0 unspecified atom stereocenters. The minimum absolute atomic E-state index is 0.00560. The van der Waals surface area contributed by atoms with Crippen molar-refractivity contribution in [3.8, 4) is 0 Å². The van der Waals surface area contributed by atoms with Crippen molar-refractivity contribution in [1.29, 1.82) is 0 Å². The molecule has 3 nitrogen and oxygen atoms in total. The first kappa shape index (κ1) is 13.3. The molecular formula is C12H17IN2O. The van der Waals surface area contributed by atoms with Crippen molar-refractivity contribution in [2.24, 2.45) is 0 Å². The third-order valence-corrected chi connectivity index (χ3v) is 2.53. The van der Waals surface area contributed by atoms with Crippen LogP contribution in [0.15, 0.2) is 24.3 Å². The van der Waals surface area contributed by atoms with Crippen LogP contribution in [0.4, 0.5) is 5.69 Å². The Morgan fingerprint density at radius 3 is 2.31 bits per heavy atom. The molecule has 0 atom stereocenters. The number of carbonyl (C=O) groups is 1. The van der Waals surface area contributed by atoms with Gasteiger partial charge >= 0.3 is 0 Å². The van der Waals surface area contributed by atoms with Crippen molar-refractivity contribution in [1.82, 2.24) is 5.32 Å².